The van der Waals surface area contributed by atoms with E-state index in [4.69, 9.17) is 4.74 Å². The summed E-state index contributed by atoms with van der Waals surface area (Å²) in [5, 5.41) is 0.484. The average Bonchev–Trinajstić information content (AvgIpc) is 2.57. The Labute approximate surface area is 143 Å². The van der Waals surface area contributed by atoms with Gasteiger partial charge in [0.05, 0.1) is 35.6 Å². The minimum atomic E-state index is -0.767. The van der Waals surface area contributed by atoms with E-state index in [1.54, 1.807) is 39.0 Å². The molecular formula is C19H16F2N2O2. The number of nitrogens with zero attached hydrogens (tertiary/aromatic N) is 2. The van der Waals surface area contributed by atoms with Crippen LogP contribution in [0.2, 0.25) is 0 Å². The first-order valence-electron chi connectivity index (χ1n) is 7.81. The summed E-state index contributed by atoms with van der Waals surface area (Å²) < 4.78 is 33.7. The summed E-state index contributed by atoms with van der Waals surface area (Å²) >= 11 is 0. The summed E-state index contributed by atoms with van der Waals surface area (Å²) in [4.78, 5) is 20.0. The fraction of sp³-hybridized carbons (Fsp3) is 0.211. The number of fused-ring (bicyclic) bond motifs is 1. The smallest absolute Gasteiger partial charge is 0.338 e. The van der Waals surface area contributed by atoms with Crippen molar-refractivity contribution in [2.75, 3.05) is 6.61 Å². The normalized spacial score (nSPS) is 10.9. The number of aryl methyl sites for hydroxylation is 1. The van der Waals surface area contributed by atoms with Crippen molar-refractivity contribution < 1.29 is 18.3 Å². The third-order valence-corrected chi connectivity index (χ3v) is 4.09. The quantitative estimate of drug-likeness (QED) is 0.663. The van der Waals surface area contributed by atoms with Gasteiger partial charge in [0, 0.05) is 16.6 Å². The molecule has 0 radical (unpaired) electrons. The molecule has 3 aromatic rings. The molecule has 0 saturated carbocycles. The standard InChI is InChI=1S/C19H16F2N2O2/c1-4-25-19(24)12-5-6-16-13(7-12)17(10(2)11(3)23-16)18-14(20)8-22-9-15(18)21/h5-9H,4H2,1-3H3. The zero-order chi connectivity index (χ0) is 18.1. The Hall–Kier alpha value is -2.89. The van der Waals surface area contributed by atoms with Crippen molar-refractivity contribution >= 4 is 16.9 Å². The molecule has 3 rings (SSSR count). The van der Waals surface area contributed by atoms with E-state index in [0.29, 0.717) is 33.3 Å². The van der Waals surface area contributed by atoms with Crippen molar-refractivity contribution in [1.82, 2.24) is 9.97 Å². The second-order valence-electron chi connectivity index (χ2n) is 5.63. The summed E-state index contributed by atoms with van der Waals surface area (Å²) in [7, 11) is 0. The SMILES string of the molecule is CCOC(=O)c1ccc2nc(C)c(C)c(-c3c(F)cncc3F)c2c1. The molecule has 128 valence electrons. The van der Waals surface area contributed by atoms with E-state index >= 15 is 0 Å². The van der Waals surface area contributed by atoms with Crippen LogP contribution in [0.3, 0.4) is 0 Å². The molecule has 0 bridgehead atoms. The molecule has 0 fully saturated rings. The van der Waals surface area contributed by atoms with Gasteiger partial charge in [-0.15, -0.1) is 0 Å². The summed E-state index contributed by atoms with van der Waals surface area (Å²) in [6, 6.07) is 4.79. The highest BCUT2D eigenvalue weighted by molar-refractivity contribution is 6.01. The number of carbonyl (C=O) groups is 1. The topological polar surface area (TPSA) is 52.1 Å². The Bertz CT molecular complexity index is 967. The number of hydrogen-bond acceptors (Lipinski definition) is 4. The lowest BCUT2D eigenvalue weighted by Gasteiger charge is -2.15. The van der Waals surface area contributed by atoms with Crippen molar-refractivity contribution in [3.05, 3.63) is 59.0 Å². The molecule has 2 aromatic heterocycles. The molecule has 0 spiro atoms. The minimum absolute atomic E-state index is 0.177. The summed E-state index contributed by atoms with van der Waals surface area (Å²) in [6.45, 7) is 5.46. The van der Waals surface area contributed by atoms with Crippen molar-refractivity contribution in [2.45, 2.75) is 20.8 Å². The lowest BCUT2D eigenvalue weighted by atomic mass is 9.94. The van der Waals surface area contributed by atoms with Gasteiger partial charge in [-0.1, -0.05) is 0 Å². The van der Waals surface area contributed by atoms with Gasteiger partial charge in [0.25, 0.3) is 0 Å². The van der Waals surface area contributed by atoms with Crippen molar-refractivity contribution in [2.24, 2.45) is 0 Å². The minimum Gasteiger partial charge on any atom is -0.462 e. The Morgan fingerprint density at radius 2 is 1.80 bits per heavy atom. The van der Waals surface area contributed by atoms with Crippen LogP contribution >= 0.6 is 0 Å². The van der Waals surface area contributed by atoms with E-state index in [2.05, 4.69) is 9.97 Å². The molecule has 0 unspecified atom stereocenters. The number of benzene rings is 1. The fourth-order valence-electron chi connectivity index (χ4n) is 2.79. The Morgan fingerprint density at radius 3 is 2.44 bits per heavy atom. The van der Waals surface area contributed by atoms with E-state index in [9.17, 15) is 13.6 Å². The van der Waals surface area contributed by atoms with Crippen LogP contribution in [0.25, 0.3) is 22.0 Å². The van der Waals surface area contributed by atoms with Crippen LogP contribution in [0.5, 0.6) is 0 Å². The first-order chi connectivity index (χ1) is 11.9. The molecule has 0 aliphatic heterocycles. The molecule has 0 saturated heterocycles. The number of rotatable bonds is 3. The summed E-state index contributed by atoms with van der Waals surface area (Å²) in [5.41, 5.74) is 2.33. The monoisotopic (exact) mass is 342 g/mol. The molecule has 2 heterocycles. The van der Waals surface area contributed by atoms with Gasteiger partial charge in [-0.2, -0.15) is 0 Å². The first kappa shape index (κ1) is 17.0. The van der Waals surface area contributed by atoms with Gasteiger partial charge in [0.2, 0.25) is 0 Å². The van der Waals surface area contributed by atoms with E-state index in [-0.39, 0.29) is 12.2 Å². The van der Waals surface area contributed by atoms with Gasteiger partial charge >= 0.3 is 5.97 Å². The van der Waals surface area contributed by atoms with Crippen molar-refractivity contribution in [3.63, 3.8) is 0 Å². The number of carbonyl (C=O) groups excluding carboxylic acids is 1. The molecular weight excluding hydrogens is 326 g/mol. The van der Waals surface area contributed by atoms with E-state index in [0.717, 1.165) is 12.4 Å². The molecule has 4 nitrogen and oxygen atoms in total. The lowest BCUT2D eigenvalue weighted by Crippen LogP contribution is -2.05. The zero-order valence-electron chi connectivity index (χ0n) is 14.1. The maximum Gasteiger partial charge on any atom is 0.338 e. The number of esters is 1. The van der Waals surface area contributed by atoms with Crippen molar-refractivity contribution in [3.8, 4) is 11.1 Å². The number of halogens is 2. The zero-order valence-corrected chi connectivity index (χ0v) is 14.1. The highest BCUT2D eigenvalue weighted by Crippen LogP contribution is 2.35. The molecule has 0 aliphatic rings. The Morgan fingerprint density at radius 1 is 1.12 bits per heavy atom. The fourth-order valence-corrected chi connectivity index (χ4v) is 2.79. The highest BCUT2D eigenvalue weighted by atomic mass is 19.1. The number of aromatic nitrogens is 2. The van der Waals surface area contributed by atoms with Crippen molar-refractivity contribution in [1.29, 1.82) is 0 Å². The van der Waals surface area contributed by atoms with Gasteiger partial charge in [-0.3, -0.25) is 9.97 Å². The number of ether oxygens (including phenoxy) is 1. The van der Waals surface area contributed by atoms with Gasteiger partial charge in [-0.25, -0.2) is 13.6 Å². The summed E-state index contributed by atoms with van der Waals surface area (Å²) in [5.74, 6) is -2.03. The van der Waals surface area contributed by atoms with Crippen LogP contribution in [-0.2, 0) is 4.74 Å². The maximum atomic E-state index is 14.3. The van der Waals surface area contributed by atoms with Crippen LogP contribution in [0.15, 0.2) is 30.6 Å². The number of hydrogen-bond donors (Lipinski definition) is 0. The van der Waals surface area contributed by atoms with Gasteiger partial charge < -0.3 is 4.74 Å². The second kappa shape index (κ2) is 6.55. The molecule has 1 aromatic carbocycles. The first-order valence-corrected chi connectivity index (χ1v) is 7.81. The highest BCUT2D eigenvalue weighted by Gasteiger charge is 2.20. The second-order valence-corrected chi connectivity index (χ2v) is 5.63. The summed E-state index contributed by atoms with van der Waals surface area (Å²) in [6.07, 6.45) is 1.93. The van der Waals surface area contributed by atoms with Gasteiger partial charge in [0.15, 0.2) is 11.6 Å². The van der Waals surface area contributed by atoms with E-state index < -0.39 is 17.6 Å². The average molecular weight is 342 g/mol. The van der Waals surface area contributed by atoms with Gasteiger partial charge in [0.1, 0.15) is 0 Å². The Kier molecular flexibility index (Phi) is 4.44. The molecule has 0 atom stereocenters. The van der Waals surface area contributed by atoms with Crippen LogP contribution in [0.4, 0.5) is 8.78 Å². The van der Waals surface area contributed by atoms with Crippen LogP contribution < -0.4 is 0 Å². The predicted molar refractivity (Wildman–Crippen MR) is 90.3 cm³/mol. The lowest BCUT2D eigenvalue weighted by molar-refractivity contribution is 0.0526. The van der Waals surface area contributed by atoms with Crippen LogP contribution in [0.1, 0.15) is 28.5 Å². The largest absolute Gasteiger partial charge is 0.462 e. The molecule has 0 N–H and O–H groups in total. The number of pyridine rings is 2. The maximum absolute atomic E-state index is 14.3. The molecule has 0 amide bonds. The molecule has 6 heteroatoms. The third-order valence-electron chi connectivity index (χ3n) is 4.09. The van der Waals surface area contributed by atoms with Crippen LogP contribution in [-0.4, -0.2) is 22.5 Å². The van der Waals surface area contributed by atoms with E-state index in [1.165, 1.54) is 0 Å². The molecule has 0 aliphatic carbocycles. The predicted octanol–water partition coefficient (Wildman–Crippen LogP) is 4.37. The Balaban J connectivity index is 2.38. The van der Waals surface area contributed by atoms with Gasteiger partial charge in [-0.05, 0) is 44.5 Å². The third kappa shape index (κ3) is 2.95. The molecule has 25 heavy (non-hydrogen) atoms. The van der Waals surface area contributed by atoms with E-state index in [1.807, 2.05) is 0 Å². The van der Waals surface area contributed by atoms with Crippen LogP contribution in [0, 0.1) is 25.5 Å².